The van der Waals surface area contributed by atoms with Gasteiger partial charge in [0.2, 0.25) is 5.95 Å². The number of carbonyl (C=O) groups is 2. The number of hydrogen-bond donors (Lipinski definition) is 2. The lowest BCUT2D eigenvalue weighted by Crippen LogP contribution is -2.49. The lowest BCUT2D eigenvalue weighted by atomic mass is 10.1. The Bertz CT molecular complexity index is 1050. The molecule has 2 aromatic rings. The van der Waals surface area contributed by atoms with Crippen molar-refractivity contribution in [3.63, 3.8) is 0 Å². The molecule has 1 aromatic carbocycles. The number of fused-ring (bicyclic) bond motifs is 1. The summed E-state index contributed by atoms with van der Waals surface area (Å²) in [7, 11) is 0. The van der Waals surface area contributed by atoms with E-state index >= 15 is 0 Å². The summed E-state index contributed by atoms with van der Waals surface area (Å²) in [5.74, 6) is 1.24. The number of aromatic nitrogens is 2. The molecule has 2 N–H and O–H groups in total. The third kappa shape index (κ3) is 5.21. The van der Waals surface area contributed by atoms with Crippen molar-refractivity contribution in [3.05, 3.63) is 41.6 Å². The predicted molar refractivity (Wildman–Crippen MR) is 131 cm³/mol. The maximum Gasteiger partial charge on any atom is 0.327 e. The van der Waals surface area contributed by atoms with Crippen LogP contribution in [0.15, 0.2) is 30.5 Å². The molecular weight excluding hydrogens is 450 g/mol. The van der Waals surface area contributed by atoms with Gasteiger partial charge in [0, 0.05) is 75.4 Å². The highest BCUT2D eigenvalue weighted by molar-refractivity contribution is 6.03. The van der Waals surface area contributed by atoms with Crippen molar-refractivity contribution in [2.45, 2.75) is 6.42 Å². The van der Waals surface area contributed by atoms with Crippen molar-refractivity contribution in [1.29, 1.82) is 0 Å². The Balaban J connectivity index is 1.20. The predicted octanol–water partition coefficient (Wildman–Crippen LogP) is 0.658. The quantitative estimate of drug-likeness (QED) is 0.640. The molecule has 2 saturated heterocycles. The zero-order chi connectivity index (χ0) is 24.2. The van der Waals surface area contributed by atoms with Crippen LogP contribution in [0, 0.1) is 0 Å². The van der Waals surface area contributed by atoms with Gasteiger partial charge >= 0.3 is 6.03 Å². The second-order valence-corrected chi connectivity index (χ2v) is 8.88. The fourth-order valence-corrected chi connectivity index (χ4v) is 4.64. The fraction of sp³-hybridized carbons (Fsp3) is 0.500. The summed E-state index contributed by atoms with van der Waals surface area (Å²) in [6.07, 6.45) is 2.52. The number of aliphatic hydroxyl groups is 1. The van der Waals surface area contributed by atoms with Crippen molar-refractivity contribution in [2.75, 3.05) is 87.3 Å². The first-order valence-corrected chi connectivity index (χ1v) is 12.1. The van der Waals surface area contributed by atoms with Gasteiger partial charge in [0.25, 0.3) is 5.91 Å². The molecule has 0 aliphatic carbocycles. The zero-order valence-corrected chi connectivity index (χ0v) is 19.7. The van der Waals surface area contributed by atoms with Gasteiger partial charge in [0.1, 0.15) is 5.82 Å². The molecule has 35 heavy (non-hydrogen) atoms. The molecule has 0 atom stereocenters. The molecule has 0 unspecified atom stereocenters. The van der Waals surface area contributed by atoms with Crippen LogP contribution < -0.4 is 15.1 Å². The number of aliphatic hydroxyl groups excluding tert-OH is 1. The molecule has 0 bridgehead atoms. The van der Waals surface area contributed by atoms with E-state index in [2.05, 4.69) is 25.1 Å². The van der Waals surface area contributed by atoms with Gasteiger partial charge in [0.15, 0.2) is 0 Å². The van der Waals surface area contributed by atoms with Gasteiger partial charge in [-0.2, -0.15) is 4.98 Å². The number of hydrogen-bond acceptors (Lipinski definition) is 8. The maximum absolute atomic E-state index is 13.0. The number of urea groups is 1. The number of nitrogens with one attached hydrogen (secondary N) is 1. The number of β-amino-alcohol motifs (C(OH)–C–C–N with tert-alkyl or cyclic N) is 1. The van der Waals surface area contributed by atoms with Gasteiger partial charge in [-0.05, 0) is 30.7 Å². The number of nitrogens with zero attached hydrogens (tertiary/aromatic N) is 6. The average molecular weight is 482 g/mol. The van der Waals surface area contributed by atoms with E-state index in [-0.39, 0.29) is 18.5 Å². The maximum atomic E-state index is 13.0. The summed E-state index contributed by atoms with van der Waals surface area (Å²) in [5.41, 5.74) is 2.17. The van der Waals surface area contributed by atoms with Crippen molar-refractivity contribution in [1.82, 2.24) is 19.8 Å². The molecule has 11 nitrogen and oxygen atoms in total. The monoisotopic (exact) mass is 481 g/mol. The second-order valence-electron chi connectivity index (χ2n) is 8.88. The Hall–Kier alpha value is -3.28. The van der Waals surface area contributed by atoms with Crippen LogP contribution in [-0.2, 0) is 11.2 Å². The molecule has 3 amide bonds. The number of rotatable bonds is 5. The first-order valence-electron chi connectivity index (χ1n) is 12.1. The topological polar surface area (TPSA) is 114 Å². The van der Waals surface area contributed by atoms with Crippen LogP contribution in [0.25, 0.3) is 0 Å². The minimum atomic E-state index is -0.255. The highest BCUT2D eigenvalue weighted by Gasteiger charge is 2.28. The van der Waals surface area contributed by atoms with E-state index in [1.807, 2.05) is 11.1 Å². The first-order chi connectivity index (χ1) is 17.1. The molecule has 3 aliphatic rings. The van der Waals surface area contributed by atoms with Crippen molar-refractivity contribution in [2.24, 2.45) is 0 Å². The average Bonchev–Trinajstić information content (AvgIpc) is 3.33. The summed E-state index contributed by atoms with van der Waals surface area (Å²) in [4.78, 5) is 42.7. The van der Waals surface area contributed by atoms with Crippen molar-refractivity contribution < 1.29 is 19.4 Å². The largest absolute Gasteiger partial charge is 0.395 e. The zero-order valence-electron chi connectivity index (χ0n) is 19.7. The Morgan fingerprint density at radius 2 is 1.74 bits per heavy atom. The van der Waals surface area contributed by atoms with Gasteiger partial charge in [-0.15, -0.1) is 0 Å². The summed E-state index contributed by atoms with van der Waals surface area (Å²) >= 11 is 0. The number of carbonyl (C=O) groups excluding carboxylic acids is 2. The Kier molecular flexibility index (Phi) is 7.07. The van der Waals surface area contributed by atoms with Crippen LogP contribution in [0.5, 0.6) is 0 Å². The first kappa shape index (κ1) is 23.5. The molecule has 1 aromatic heterocycles. The van der Waals surface area contributed by atoms with Crippen LogP contribution in [0.1, 0.15) is 15.9 Å². The van der Waals surface area contributed by atoms with E-state index in [9.17, 15) is 9.59 Å². The van der Waals surface area contributed by atoms with Crippen LogP contribution >= 0.6 is 0 Å². The second kappa shape index (κ2) is 10.5. The lowest BCUT2D eigenvalue weighted by Gasteiger charge is -2.34. The number of amides is 3. The van der Waals surface area contributed by atoms with E-state index in [1.54, 1.807) is 29.2 Å². The molecular formula is C24H31N7O4. The normalized spacial score (nSPS) is 18.5. The lowest BCUT2D eigenvalue weighted by molar-refractivity contribution is 0.0615. The van der Waals surface area contributed by atoms with Crippen molar-refractivity contribution in [3.8, 4) is 0 Å². The molecule has 2 fully saturated rings. The van der Waals surface area contributed by atoms with Crippen LogP contribution in [0.4, 0.5) is 22.2 Å². The molecule has 11 heteroatoms. The highest BCUT2D eigenvalue weighted by Crippen LogP contribution is 2.28. The number of ether oxygens (including phenoxy) is 1. The highest BCUT2D eigenvalue weighted by atomic mass is 16.5. The van der Waals surface area contributed by atoms with E-state index in [0.717, 1.165) is 31.7 Å². The molecule has 3 aliphatic heterocycles. The van der Waals surface area contributed by atoms with Crippen molar-refractivity contribution >= 4 is 29.4 Å². The summed E-state index contributed by atoms with van der Waals surface area (Å²) in [5, 5.41) is 12.0. The molecule has 0 saturated carbocycles. The number of anilines is 3. The molecule has 0 radical (unpaired) electrons. The molecule has 0 spiro atoms. The van der Waals surface area contributed by atoms with Gasteiger partial charge < -0.3 is 25.0 Å². The smallest absolute Gasteiger partial charge is 0.327 e. The number of benzene rings is 1. The molecule has 5 rings (SSSR count). The van der Waals surface area contributed by atoms with Gasteiger partial charge in [0.05, 0.1) is 19.8 Å². The fourth-order valence-electron chi connectivity index (χ4n) is 4.64. The number of morpholine rings is 1. The van der Waals surface area contributed by atoms with Crippen LogP contribution in [0.3, 0.4) is 0 Å². The summed E-state index contributed by atoms with van der Waals surface area (Å²) in [6.45, 7) is 6.85. The minimum absolute atomic E-state index is 0.0210. The van der Waals surface area contributed by atoms with Crippen LogP contribution in [-0.4, -0.2) is 109 Å². The SMILES string of the molecule is O=C(c1ccc(NC(=O)N2CCc3cnc(N4CCOCC4)nc32)cc1)N1CCN(CCO)CC1. The molecule has 186 valence electrons. The van der Waals surface area contributed by atoms with Crippen LogP contribution in [0.2, 0.25) is 0 Å². The summed E-state index contributed by atoms with van der Waals surface area (Å²) < 4.78 is 5.40. The van der Waals surface area contributed by atoms with E-state index < -0.39 is 0 Å². The Morgan fingerprint density at radius 1 is 1.00 bits per heavy atom. The van der Waals surface area contributed by atoms with Gasteiger partial charge in [-0.25, -0.2) is 9.78 Å². The minimum Gasteiger partial charge on any atom is -0.395 e. The summed E-state index contributed by atoms with van der Waals surface area (Å²) in [6, 6.07) is 6.74. The third-order valence-corrected chi connectivity index (χ3v) is 6.69. The Morgan fingerprint density at radius 3 is 2.46 bits per heavy atom. The van der Waals surface area contributed by atoms with Gasteiger partial charge in [-0.3, -0.25) is 14.6 Å². The standard InChI is InChI=1S/C24H31N7O4/c32-14-11-28-7-9-29(10-8-28)22(33)18-1-3-20(4-2-18)26-24(34)31-6-5-19-17-25-23(27-21(19)31)30-12-15-35-16-13-30/h1-4,17,32H,5-16H2,(H,26,34). The number of piperazine rings is 1. The van der Waals surface area contributed by atoms with E-state index in [4.69, 9.17) is 9.84 Å². The third-order valence-electron chi connectivity index (χ3n) is 6.69. The van der Waals surface area contributed by atoms with E-state index in [0.29, 0.717) is 68.8 Å². The Labute approximate surface area is 204 Å². The van der Waals surface area contributed by atoms with Gasteiger partial charge in [-0.1, -0.05) is 0 Å². The van der Waals surface area contributed by atoms with E-state index in [1.165, 1.54) is 0 Å². The molecule has 4 heterocycles.